The maximum Gasteiger partial charge on any atom is 3.00 e. The molecule has 0 bridgehead atoms. The Morgan fingerprint density at radius 3 is 0.308 bits per heavy atom. The Labute approximate surface area is 213 Å². The van der Waals surface area contributed by atoms with Crippen LogP contribution in [0.2, 0.25) is 0 Å². The van der Waals surface area contributed by atoms with Crippen molar-refractivity contribution in [3.63, 3.8) is 0 Å². The molecular formula is Ca2La2Mn2O7. The van der Waals surface area contributed by atoms with Gasteiger partial charge in [0.15, 0.2) is 0 Å². The summed E-state index contributed by atoms with van der Waals surface area (Å²) < 4.78 is 0. The van der Waals surface area contributed by atoms with Gasteiger partial charge in [-0.2, -0.15) is 0 Å². The fraction of sp³-hybridized carbons (Fsp3) is 0. The first-order valence-corrected chi connectivity index (χ1v) is 0. The van der Waals surface area contributed by atoms with Crippen molar-refractivity contribution >= 4 is 75.5 Å². The molecule has 0 aliphatic carbocycles. The quantitative estimate of drug-likeness (QED) is 0.298. The van der Waals surface area contributed by atoms with Gasteiger partial charge in [-0.3, -0.25) is 0 Å². The van der Waals surface area contributed by atoms with Crippen molar-refractivity contribution in [2.75, 3.05) is 0 Å². The molecule has 0 aromatic carbocycles. The van der Waals surface area contributed by atoms with Gasteiger partial charge < -0.3 is 38.3 Å². The van der Waals surface area contributed by atoms with Gasteiger partial charge in [0.05, 0.1) is 0 Å². The minimum absolute atomic E-state index is 0. The maximum absolute atomic E-state index is 0. The number of hydrogen-bond donors (Lipinski definition) is 0. The van der Waals surface area contributed by atoms with E-state index >= 15 is 0 Å². The SMILES string of the molecule is [Ca+2].[Ca+2].[La+3].[La+3].[Mn+2].[Mn+2].[O-2].[O-2].[O-2].[O-2].[O-2].[O-2].[O-2]. The molecule has 7 nitrogen and oxygen atoms in total. The molecule has 13 heteroatoms. The van der Waals surface area contributed by atoms with Gasteiger partial charge in [0.1, 0.15) is 0 Å². The molecule has 0 unspecified atom stereocenters. The third-order valence-electron chi connectivity index (χ3n) is 0. The number of rotatable bonds is 0. The second-order valence-electron chi connectivity index (χ2n) is 0. The summed E-state index contributed by atoms with van der Waals surface area (Å²) in [6.45, 7) is 0. The molecule has 0 aliphatic heterocycles. The van der Waals surface area contributed by atoms with Gasteiger partial charge in [0, 0.05) is 0 Å². The summed E-state index contributed by atoms with van der Waals surface area (Å²) in [5.41, 5.74) is 0. The van der Waals surface area contributed by atoms with Crippen LogP contribution in [-0.4, -0.2) is 75.5 Å². The third kappa shape index (κ3) is 135. The van der Waals surface area contributed by atoms with E-state index in [2.05, 4.69) is 0 Å². The van der Waals surface area contributed by atoms with Crippen LogP contribution in [-0.2, 0) is 72.5 Å². The first kappa shape index (κ1) is 181. The molecule has 0 aromatic rings. The van der Waals surface area contributed by atoms with Crippen LogP contribution >= 0.6 is 0 Å². The van der Waals surface area contributed by atoms with Crippen LogP contribution in [0.4, 0.5) is 0 Å². The summed E-state index contributed by atoms with van der Waals surface area (Å²) in [5.74, 6) is 0. The normalized spacial score (nSPS) is 0. The largest absolute Gasteiger partial charge is 3.00 e. The molecule has 0 saturated carbocycles. The van der Waals surface area contributed by atoms with E-state index < -0.39 is 0 Å². The summed E-state index contributed by atoms with van der Waals surface area (Å²) in [7, 11) is 0. The first-order valence-electron chi connectivity index (χ1n) is 0. The Bertz CT molecular complexity index is 22.5. The topological polar surface area (TPSA) is 200 Å². The van der Waals surface area contributed by atoms with Crippen molar-refractivity contribution in [3.8, 4) is 0 Å². The predicted octanol–water partition coefficient (Wildman–Crippen LogP) is -1.60. The molecule has 0 spiro atoms. The van der Waals surface area contributed by atoms with E-state index in [0.717, 1.165) is 0 Å². The molecule has 2 radical (unpaired) electrons. The molecule has 0 amide bonds. The predicted molar refractivity (Wildman–Crippen MR) is 16.3 cm³/mol. The summed E-state index contributed by atoms with van der Waals surface area (Å²) in [6.07, 6.45) is 0. The van der Waals surface area contributed by atoms with E-state index in [9.17, 15) is 0 Å². The van der Waals surface area contributed by atoms with Crippen molar-refractivity contribution in [1.29, 1.82) is 0 Å². The Morgan fingerprint density at radius 2 is 0.308 bits per heavy atom. The van der Waals surface area contributed by atoms with Crippen LogP contribution in [0.15, 0.2) is 0 Å². The molecule has 13 heavy (non-hydrogen) atoms. The van der Waals surface area contributed by atoms with Crippen LogP contribution < -0.4 is 0 Å². The molecule has 0 fully saturated rings. The van der Waals surface area contributed by atoms with Gasteiger partial charge in [-0.25, -0.2) is 0 Å². The minimum Gasteiger partial charge on any atom is -2.00 e. The minimum atomic E-state index is 0. The fourth-order valence-electron chi connectivity index (χ4n) is 0. The van der Waals surface area contributed by atoms with Crippen molar-refractivity contribution in [2.45, 2.75) is 0 Å². The van der Waals surface area contributed by atoms with E-state index in [-0.39, 0.29) is 219 Å². The van der Waals surface area contributed by atoms with Gasteiger partial charge in [-0.1, -0.05) is 0 Å². The van der Waals surface area contributed by atoms with Crippen LogP contribution in [0.5, 0.6) is 0 Å². The molecule has 0 saturated heterocycles. The fourth-order valence-corrected chi connectivity index (χ4v) is 0. The third-order valence-corrected chi connectivity index (χ3v) is 0. The molecular weight excluding hydrogens is 580 g/mol. The molecule has 66 valence electrons. The molecule has 0 aliphatic rings. The maximum atomic E-state index is 0. The monoisotopic (exact) mass is 580 g/mol. The van der Waals surface area contributed by atoms with Crippen LogP contribution in [0, 0.1) is 71.2 Å². The molecule has 0 aromatic heterocycles. The van der Waals surface area contributed by atoms with E-state index in [1.54, 1.807) is 0 Å². The van der Waals surface area contributed by atoms with E-state index in [0.29, 0.717) is 0 Å². The standard InChI is InChI=1S/2Ca.2La.2Mn.7O/q2*+2;2*+3;2*+2;7*-2. The zero-order chi connectivity index (χ0) is 0. The molecule has 0 heterocycles. The van der Waals surface area contributed by atoms with Gasteiger partial charge in [-0.15, -0.1) is 0 Å². The van der Waals surface area contributed by atoms with Crippen LogP contribution in [0.25, 0.3) is 0 Å². The Hall–Kier alpha value is 5.67. The summed E-state index contributed by atoms with van der Waals surface area (Å²) in [4.78, 5) is 0. The molecule has 0 N–H and O–H groups in total. The number of hydrogen-bond acceptors (Lipinski definition) is 0. The van der Waals surface area contributed by atoms with E-state index in [1.165, 1.54) is 0 Å². The van der Waals surface area contributed by atoms with Crippen molar-refractivity contribution in [2.24, 2.45) is 0 Å². The van der Waals surface area contributed by atoms with Crippen molar-refractivity contribution in [1.82, 2.24) is 0 Å². The van der Waals surface area contributed by atoms with Gasteiger partial charge in [0.25, 0.3) is 0 Å². The van der Waals surface area contributed by atoms with Gasteiger partial charge in [0.2, 0.25) is 0 Å². The molecule has 0 atom stereocenters. The summed E-state index contributed by atoms with van der Waals surface area (Å²) in [6, 6.07) is 0. The van der Waals surface area contributed by atoms with E-state index in [4.69, 9.17) is 0 Å². The zero-order valence-corrected chi connectivity index (χ0v) is 20.2. The van der Waals surface area contributed by atoms with Crippen molar-refractivity contribution < 1.29 is 144 Å². The summed E-state index contributed by atoms with van der Waals surface area (Å²) >= 11 is 0. The second kappa shape index (κ2) is 153. The van der Waals surface area contributed by atoms with Crippen LogP contribution in [0.3, 0.4) is 0 Å². The zero-order valence-electron chi connectivity index (χ0n) is 6.18. The van der Waals surface area contributed by atoms with Gasteiger partial charge >= 0.3 is 181 Å². The summed E-state index contributed by atoms with van der Waals surface area (Å²) in [5, 5.41) is 0. The Balaban J connectivity index is 0. The smallest absolute Gasteiger partial charge is 2.00 e. The molecule has 0 rings (SSSR count). The van der Waals surface area contributed by atoms with Gasteiger partial charge in [-0.05, 0) is 0 Å². The Kier molecular flexibility index (Phi) is 2130. The Morgan fingerprint density at radius 1 is 0.308 bits per heavy atom. The second-order valence-corrected chi connectivity index (χ2v) is 0. The van der Waals surface area contributed by atoms with Crippen LogP contribution in [0.1, 0.15) is 0 Å². The first-order chi connectivity index (χ1) is 0. The van der Waals surface area contributed by atoms with E-state index in [1.807, 2.05) is 0 Å². The van der Waals surface area contributed by atoms with Crippen molar-refractivity contribution in [3.05, 3.63) is 0 Å². The average molecular weight is 580 g/mol. The average Bonchev–Trinajstić information content (AvgIpc) is 0.